The number of aromatic nitrogens is 1. The molecule has 0 atom stereocenters. The fourth-order valence-electron chi connectivity index (χ4n) is 3.18. The maximum Gasteiger partial charge on any atom is 0.224 e. The van der Waals surface area contributed by atoms with Crippen LogP contribution < -0.4 is 15.5 Å². The van der Waals surface area contributed by atoms with Gasteiger partial charge in [0.05, 0.1) is 17.6 Å². The second-order valence-corrected chi connectivity index (χ2v) is 7.17. The Kier molecular flexibility index (Phi) is 6.04. The second kappa shape index (κ2) is 9.06. The molecule has 4 rings (SSSR count). The van der Waals surface area contributed by atoms with Gasteiger partial charge in [0.15, 0.2) is 10.6 Å². The van der Waals surface area contributed by atoms with Crippen LogP contribution in [0.15, 0.2) is 68.3 Å². The van der Waals surface area contributed by atoms with Gasteiger partial charge in [0.25, 0.3) is 0 Å². The van der Waals surface area contributed by atoms with Crippen LogP contribution in [0.2, 0.25) is 5.15 Å². The van der Waals surface area contributed by atoms with E-state index in [1.165, 1.54) is 6.07 Å². The number of fused-ring (bicyclic) bond motifs is 1. The van der Waals surface area contributed by atoms with E-state index in [1.54, 1.807) is 24.3 Å². The van der Waals surface area contributed by atoms with Crippen molar-refractivity contribution in [1.82, 2.24) is 5.16 Å². The zero-order valence-electron chi connectivity index (χ0n) is 16.7. The van der Waals surface area contributed by atoms with Crippen LogP contribution in [0.3, 0.4) is 0 Å². The molecule has 1 amide bonds. The number of hydrogen-bond donors (Lipinski definition) is 1. The van der Waals surface area contributed by atoms with E-state index in [9.17, 15) is 9.59 Å². The van der Waals surface area contributed by atoms with Crippen molar-refractivity contribution < 1.29 is 18.5 Å². The van der Waals surface area contributed by atoms with Crippen molar-refractivity contribution in [3.8, 4) is 17.1 Å². The number of amides is 1. The predicted octanol–water partition coefficient (Wildman–Crippen LogP) is 5.07. The number of nitrogens with one attached hydrogen (secondary N) is 1. The first kappa shape index (κ1) is 20.7. The maximum absolute atomic E-state index is 12.6. The largest absolute Gasteiger partial charge is 0.493 e. The fraction of sp³-hybridized carbons (Fsp3) is 0.174. The molecule has 31 heavy (non-hydrogen) atoms. The summed E-state index contributed by atoms with van der Waals surface area (Å²) < 4.78 is 16.6. The number of carbonyl (C=O) groups excluding carboxylic acids is 1. The molecule has 0 bridgehead atoms. The first-order valence-corrected chi connectivity index (χ1v) is 10.1. The lowest BCUT2D eigenvalue weighted by Crippen LogP contribution is -2.12. The van der Waals surface area contributed by atoms with Crippen LogP contribution in [0.25, 0.3) is 22.3 Å². The molecule has 0 aliphatic rings. The van der Waals surface area contributed by atoms with Crippen LogP contribution in [-0.4, -0.2) is 17.7 Å². The van der Waals surface area contributed by atoms with Crippen LogP contribution in [0.1, 0.15) is 19.1 Å². The molecule has 0 fully saturated rings. The Hall–Kier alpha value is -3.58. The van der Waals surface area contributed by atoms with Gasteiger partial charge >= 0.3 is 0 Å². The standard InChI is InChI=1S/C23H19ClN2O5/c1-2-29-19-6-4-3-5-17(19)21-13-18(27)16-9-7-14(11-20(16)30-21)25-23(28)10-8-15-12-22(24)26-31-15/h3-7,9,11-13H,2,8,10H2,1H3,(H,25,28). The third kappa shape index (κ3) is 4.78. The predicted molar refractivity (Wildman–Crippen MR) is 118 cm³/mol. The summed E-state index contributed by atoms with van der Waals surface area (Å²) in [5, 5.41) is 7.06. The second-order valence-electron chi connectivity index (χ2n) is 6.78. The lowest BCUT2D eigenvalue weighted by Gasteiger charge is -2.10. The summed E-state index contributed by atoms with van der Waals surface area (Å²) in [6, 6.07) is 15.3. The summed E-state index contributed by atoms with van der Waals surface area (Å²) in [5.41, 5.74) is 1.39. The van der Waals surface area contributed by atoms with Crippen LogP contribution in [0.4, 0.5) is 5.69 Å². The van der Waals surface area contributed by atoms with E-state index in [4.69, 9.17) is 25.3 Å². The van der Waals surface area contributed by atoms with Crippen molar-refractivity contribution in [1.29, 1.82) is 0 Å². The molecule has 0 spiro atoms. The monoisotopic (exact) mass is 438 g/mol. The van der Waals surface area contributed by atoms with Gasteiger partial charge in [-0.25, -0.2) is 0 Å². The van der Waals surface area contributed by atoms with Gasteiger partial charge in [-0.05, 0) is 31.2 Å². The van der Waals surface area contributed by atoms with Gasteiger partial charge < -0.3 is 19.0 Å². The average Bonchev–Trinajstić information content (AvgIpc) is 3.18. The summed E-state index contributed by atoms with van der Waals surface area (Å²) in [6.07, 6.45) is 0.557. The van der Waals surface area contributed by atoms with Gasteiger partial charge in [0, 0.05) is 36.7 Å². The number of hydrogen-bond acceptors (Lipinski definition) is 6. The molecule has 0 unspecified atom stereocenters. The molecule has 1 N–H and O–H groups in total. The lowest BCUT2D eigenvalue weighted by molar-refractivity contribution is -0.116. The molecule has 0 saturated heterocycles. The van der Waals surface area contributed by atoms with Crippen LogP contribution in [0.5, 0.6) is 5.75 Å². The number of benzene rings is 2. The molecule has 8 heteroatoms. The van der Waals surface area contributed by atoms with Gasteiger partial charge in [-0.2, -0.15) is 0 Å². The average molecular weight is 439 g/mol. The number of ether oxygens (including phenoxy) is 1. The van der Waals surface area contributed by atoms with E-state index in [1.807, 2.05) is 31.2 Å². The highest BCUT2D eigenvalue weighted by atomic mass is 35.5. The highest BCUT2D eigenvalue weighted by Crippen LogP contribution is 2.31. The first-order valence-electron chi connectivity index (χ1n) is 9.74. The number of rotatable bonds is 7. The van der Waals surface area contributed by atoms with E-state index in [2.05, 4.69) is 10.5 Å². The Morgan fingerprint density at radius 2 is 2.00 bits per heavy atom. The third-order valence-corrected chi connectivity index (χ3v) is 4.77. The molecular formula is C23H19ClN2O5. The van der Waals surface area contributed by atoms with Crippen molar-refractivity contribution in [3.63, 3.8) is 0 Å². The number of para-hydroxylation sites is 1. The highest BCUT2D eigenvalue weighted by Gasteiger charge is 2.13. The zero-order valence-corrected chi connectivity index (χ0v) is 17.4. The Bertz CT molecular complexity index is 1290. The summed E-state index contributed by atoms with van der Waals surface area (Å²) in [5.74, 6) is 1.34. The first-order chi connectivity index (χ1) is 15.0. The Labute approximate surface area is 182 Å². The quantitative estimate of drug-likeness (QED) is 0.432. The van der Waals surface area contributed by atoms with Gasteiger partial charge in [-0.1, -0.05) is 28.9 Å². The minimum atomic E-state index is -0.216. The number of halogens is 1. The van der Waals surface area contributed by atoms with Crippen molar-refractivity contribution in [2.75, 3.05) is 11.9 Å². The van der Waals surface area contributed by atoms with Gasteiger partial charge in [-0.3, -0.25) is 9.59 Å². The summed E-state index contributed by atoms with van der Waals surface area (Å²) in [7, 11) is 0. The Balaban J connectivity index is 1.58. The van der Waals surface area contributed by atoms with E-state index < -0.39 is 0 Å². The Morgan fingerprint density at radius 3 is 2.77 bits per heavy atom. The topological polar surface area (TPSA) is 94.6 Å². The molecule has 158 valence electrons. The van der Waals surface area contributed by atoms with Crippen LogP contribution in [0, 0.1) is 0 Å². The number of nitrogens with zero attached hydrogens (tertiary/aromatic N) is 1. The molecule has 0 aliphatic carbocycles. The molecule has 0 radical (unpaired) electrons. The van der Waals surface area contributed by atoms with Gasteiger partial charge in [0.1, 0.15) is 22.9 Å². The summed E-state index contributed by atoms with van der Waals surface area (Å²) in [4.78, 5) is 24.9. The van der Waals surface area contributed by atoms with Crippen LogP contribution >= 0.6 is 11.6 Å². The van der Waals surface area contributed by atoms with E-state index >= 15 is 0 Å². The number of carbonyl (C=O) groups is 1. The fourth-order valence-corrected chi connectivity index (χ4v) is 3.34. The van der Waals surface area contributed by atoms with Gasteiger partial charge in [0.2, 0.25) is 5.91 Å². The number of aryl methyl sites for hydroxylation is 1. The Morgan fingerprint density at radius 1 is 1.16 bits per heavy atom. The molecule has 4 aromatic rings. The SMILES string of the molecule is CCOc1ccccc1-c1cc(=O)c2ccc(NC(=O)CCc3cc(Cl)no3)cc2o1. The normalized spacial score (nSPS) is 10.9. The zero-order chi connectivity index (χ0) is 21.8. The molecule has 0 saturated carbocycles. The molecule has 2 heterocycles. The van der Waals surface area contributed by atoms with Crippen LogP contribution in [-0.2, 0) is 11.2 Å². The molecular weight excluding hydrogens is 420 g/mol. The van der Waals surface area contributed by atoms with E-state index in [-0.39, 0.29) is 22.9 Å². The van der Waals surface area contributed by atoms with Crippen molar-refractivity contribution >= 4 is 34.2 Å². The van der Waals surface area contributed by atoms with E-state index in [0.29, 0.717) is 52.5 Å². The number of anilines is 1. The molecule has 0 aliphatic heterocycles. The lowest BCUT2D eigenvalue weighted by atomic mass is 10.1. The molecule has 7 nitrogen and oxygen atoms in total. The third-order valence-electron chi connectivity index (χ3n) is 4.59. The van der Waals surface area contributed by atoms with Crippen molar-refractivity contribution in [2.45, 2.75) is 19.8 Å². The smallest absolute Gasteiger partial charge is 0.224 e. The van der Waals surface area contributed by atoms with Gasteiger partial charge in [-0.15, -0.1) is 0 Å². The molecule has 2 aromatic heterocycles. The summed E-state index contributed by atoms with van der Waals surface area (Å²) >= 11 is 5.71. The highest BCUT2D eigenvalue weighted by molar-refractivity contribution is 6.29. The minimum Gasteiger partial charge on any atom is -0.493 e. The van der Waals surface area contributed by atoms with Crippen molar-refractivity contribution in [2.24, 2.45) is 0 Å². The molecule has 2 aromatic carbocycles. The minimum absolute atomic E-state index is 0.178. The maximum atomic E-state index is 12.6. The van der Waals surface area contributed by atoms with E-state index in [0.717, 1.165) is 0 Å². The summed E-state index contributed by atoms with van der Waals surface area (Å²) in [6.45, 7) is 2.38. The van der Waals surface area contributed by atoms with Crippen molar-refractivity contribution in [3.05, 3.63) is 75.7 Å².